The molecule has 0 saturated carbocycles. The number of nitrogens with zero attached hydrogens (tertiary/aromatic N) is 2. The number of ether oxygens (including phenoxy) is 1. The van der Waals surface area contributed by atoms with Gasteiger partial charge in [-0.1, -0.05) is 53.3 Å². The van der Waals surface area contributed by atoms with Gasteiger partial charge in [-0.3, -0.25) is 10.1 Å². The lowest BCUT2D eigenvalue weighted by Crippen LogP contribution is -2.13. The quantitative estimate of drug-likeness (QED) is 0.772. The van der Waals surface area contributed by atoms with Crippen molar-refractivity contribution >= 4 is 34.0 Å². The molecule has 1 aromatic heterocycles. The van der Waals surface area contributed by atoms with E-state index in [-0.39, 0.29) is 5.91 Å². The number of aromatic nitrogens is 2. The third-order valence-corrected chi connectivity index (χ3v) is 4.20. The molecule has 7 heteroatoms. The Morgan fingerprint density at radius 3 is 2.70 bits per heavy atom. The molecule has 0 aliphatic heterocycles. The molecule has 116 valence electrons. The predicted molar refractivity (Wildman–Crippen MR) is 91.3 cm³/mol. The van der Waals surface area contributed by atoms with Crippen LogP contribution in [0.5, 0.6) is 5.75 Å². The van der Waals surface area contributed by atoms with Crippen LogP contribution < -0.4 is 10.1 Å². The Kier molecular flexibility index (Phi) is 4.55. The summed E-state index contributed by atoms with van der Waals surface area (Å²) in [4.78, 5) is 12.4. The molecule has 3 rings (SSSR count). The van der Waals surface area contributed by atoms with Gasteiger partial charge in [-0.15, -0.1) is 10.2 Å². The first kappa shape index (κ1) is 15.5. The number of rotatable bonds is 4. The fraction of sp³-hybridized carbons (Fsp3) is 0.0625. The van der Waals surface area contributed by atoms with Crippen molar-refractivity contribution in [3.8, 4) is 16.3 Å². The van der Waals surface area contributed by atoms with Crippen molar-refractivity contribution in [2.45, 2.75) is 0 Å². The van der Waals surface area contributed by atoms with Crippen LogP contribution in [0.25, 0.3) is 10.6 Å². The van der Waals surface area contributed by atoms with E-state index >= 15 is 0 Å². The van der Waals surface area contributed by atoms with Crippen LogP contribution in [0, 0.1) is 0 Å². The zero-order valence-corrected chi connectivity index (χ0v) is 13.7. The van der Waals surface area contributed by atoms with Gasteiger partial charge in [-0.2, -0.15) is 0 Å². The van der Waals surface area contributed by atoms with Gasteiger partial charge in [-0.05, 0) is 18.2 Å². The molecule has 0 aliphatic rings. The van der Waals surface area contributed by atoms with E-state index in [0.29, 0.717) is 21.5 Å². The maximum atomic E-state index is 12.4. The highest BCUT2D eigenvalue weighted by molar-refractivity contribution is 7.18. The molecule has 0 radical (unpaired) electrons. The van der Waals surface area contributed by atoms with Crippen LogP contribution in [0.15, 0.2) is 48.5 Å². The van der Waals surface area contributed by atoms with Crippen molar-refractivity contribution in [1.82, 2.24) is 10.2 Å². The number of benzene rings is 2. The minimum Gasteiger partial charge on any atom is -0.496 e. The second kappa shape index (κ2) is 6.76. The van der Waals surface area contributed by atoms with E-state index in [0.717, 1.165) is 10.6 Å². The Morgan fingerprint density at radius 2 is 1.96 bits per heavy atom. The molecular weight excluding hydrogens is 334 g/mol. The van der Waals surface area contributed by atoms with Gasteiger partial charge in [0.25, 0.3) is 5.91 Å². The molecule has 0 unspecified atom stereocenters. The van der Waals surface area contributed by atoms with Gasteiger partial charge in [0.1, 0.15) is 10.8 Å². The molecule has 23 heavy (non-hydrogen) atoms. The summed E-state index contributed by atoms with van der Waals surface area (Å²) in [5.74, 6) is 0.0970. The van der Waals surface area contributed by atoms with Crippen molar-refractivity contribution in [3.63, 3.8) is 0 Å². The van der Waals surface area contributed by atoms with E-state index in [2.05, 4.69) is 15.5 Å². The fourth-order valence-corrected chi connectivity index (χ4v) is 2.91. The van der Waals surface area contributed by atoms with Gasteiger partial charge < -0.3 is 4.74 Å². The van der Waals surface area contributed by atoms with Crippen LogP contribution in [0.2, 0.25) is 5.02 Å². The molecule has 1 heterocycles. The summed E-state index contributed by atoms with van der Waals surface area (Å²) in [5, 5.41) is 12.4. The standard InChI is InChI=1S/C16H12ClN3O2S/c1-22-13-8-7-11(17)9-12(13)14(21)18-16-20-19-15(23-16)10-5-3-2-4-6-10/h2-9H,1H3,(H,18,20,21). The lowest BCUT2D eigenvalue weighted by Gasteiger charge is -2.07. The molecule has 0 saturated heterocycles. The van der Waals surface area contributed by atoms with E-state index < -0.39 is 0 Å². The molecule has 1 N–H and O–H groups in total. The van der Waals surface area contributed by atoms with Gasteiger partial charge in [0.05, 0.1) is 12.7 Å². The van der Waals surface area contributed by atoms with E-state index in [9.17, 15) is 4.79 Å². The summed E-state index contributed by atoms with van der Waals surface area (Å²) in [6.45, 7) is 0. The highest BCUT2D eigenvalue weighted by Crippen LogP contribution is 2.28. The first-order valence-electron chi connectivity index (χ1n) is 6.71. The van der Waals surface area contributed by atoms with E-state index in [1.54, 1.807) is 18.2 Å². The van der Waals surface area contributed by atoms with Crippen molar-refractivity contribution in [2.75, 3.05) is 12.4 Å². The monoisotopic (exact) mass is 345 g/mol. The topological polar surface area (TPSA) is 64.1 Å². The summed E-state index contributed by atoms with van der Waals surface area (Å²) >= 11 is 7.24. The Labute approximate surface area is 141 Å². The summed E-state index contributed by atoms with van der Waals surface area (Å²) < 4.78 is 5.18. The second-order valence-corrected chi connectivity index (χ2v) is 5.99. The van der Waals surface area contributed by atoms with E-state index in [4.69, 9.17) is 16.3 Å². The molecule has 0 spiro atoms. The van der Waals surface area contributed by atoms with E-state index in [1.165, 1.54) is 18.4 Å². The number of hydrogen-bond donors (Lipinski definition) is 1. The minimum atomic E-state index is -0.347. The number of amides is 1. The number of anilines is 1. The highest BCUT2D eigenvalue weighted by Gasteiger charge is 2.15. The average Bonchev–Trinajstić information content (AvgIpc) is 3.04. The number of carbonyl (C=O) groups excluding carboxylic acids is 1. The zero-order valence-electron chi connectivity index (χ0n) is 12.1. The normalized spacial score (nSPS) is 10.3. The Hall–Kier alpha value is -2.44. The first-order chi connectivity index (χ1) is 11.2. The van der Waals surface area contributed by atoms with Crippen LogP contribution in [-0.4, -0.2) is 23.2 Å². The Morgan fingerprint density at radius 1 is 1.17 bits per heavy atom. The van der Waals surface area contributed by atoms with Gasteiger partial charge in [-0.25, -0.2) is 0 Å². The van der Waals surface area contributed by atoms with Crippen molar-refractivity contribution in [2.24, 2.45) is 0 Å². The van der Waals surface area contributed by atoms with E-state index in [1.807, 2.05) is 30.3 Å². The van der Waals surface area contributed by atoms with Crippen molar-refractivity contribution in [1.29, 1.82) is 0 Å². The number of methoxy groups -OCH3 is 1. The minimum absolute atomic E-state index is 0.344. The first-order valence-corrected chi connectivity index (χ1v) is 7.90. The van der Waals surface area contributed by atoms with Crippen LogP contribution in [-0.2, 0) is 0 Å². The number of nitrogens with one attached hydrogen (secondary N) is 1. The molecule has 0 aliphatic carbocycles. The highest BCUT2D eigenvalue weighted by atomic mass is 35.5. The lowest BCUT2D eigenvalue weighted by atomic mass is 10.2. The molecule has 5 nitrogen and oxygen atoms in total. The van der Waals surface area contributed by atoms with Gasteiger partial charge >= 0.3 is 0 Å². The smallest absolute Gasteiger partial charge is 0.261 e. The zero-order chi connectivity index (χ0) is 16.2. The van der Waals surface area contributed by atoms with Crippen LogP contribution in [0.1, 0.15) is 10.4 Å². The molecule has 2 aromatic carbocycles. The van der Waals surface area contributed by atoms with Crippen LogP contribution >= 0.6 is 22.9 Å². The van der Waals surface area contributed by atoms with Crippen LogP contribution in [0.4, 0.5) is 5.13 Å². The van der Waals surface area contributed by atoms with Crippen molar-refractivity contribution in [3.05, 3.63) is 59.1 Å². The average molecular weight is 346 g/mol. The number of hydrogen-bond acceptors (Lipinski definition) is 5. The molecule has 1 amide bonds. The predicted octanol–water partition coefficient (Wildman–Crippen LogP) is 4.12. The summed E-state index contributed by atoms with van der Waals surface area (Å²) in [5.41, 5.74) is 1.29. The third kappa shape index (κ3) is 3.49. The largest absolute Gasteiger partial charge is 0.496 e. The number of halogens is 1. The Bertz CT molecular complexity index is 836. The third-order valence-electron chi connectivity index (χ3n) is 3.07. The molecule has 0 bridgehead atoms. The summed E-state index contributed by atoms with van der Waals surface area (Å²) in [6.07, 6.45) is 0. The molecular formula is C16H12ClN3O2S. The van der Waals surface area contributed by atoms with Gasteiger partial charge in [0, 0.05) is 10.6 Å². The summed E-state index contributed by atoms with van der Waals surface area (Å²) in [7, 11) is 1.50. The fourth-order valence-electron chi connectivity index (χ4n) is 1.99. The van der Waals surface area contributed by atoms with Gasteiger partial charge in [0.15, 0.2) is 0 Å². The molecule has 0 atom stereocenters. The summed E-state index contributed by atoms with van der Waals surface area (Å²) in [6, 6.07) is 14.5. The second-order valence-electron chi connectivity index (χ2n) is 4.58. The molecule has 3 aromatic rings. The molecule has 0 fully saturated rings. The van der Waals surface area contributed by atoms with Crippen LogP contribution in [0.3, 0.4) is 0 Å². The Balaban J connectivity index is 1.82. The SMILES string of the molecule is COc1ccc(Cl)cc1C(=O)Nc1nnc(-c2ccccc2)s1. The maximum absolute atomic E-state index is 12.4. The van der Waals surface area contributed by atoms with Gasteiger partial charge in [0.2, 0.25) is 5.13 Å². The lowest BCUT2D eigenvalue weighted by molar-refractivity contribution is 0.102. The maximum Gasteiger partial charge on any atom is 0.261 e. The number of carbonyl (C=O) groups is 1. The van der Waals surface area contributed by atoms with Crippen molar-refractivity contribution < 1.29 is 9.53 Å².